The number of carbonyl (C=O) groups is 2. The summed E-state index contributed by atoms with van der Waals surface area (Å²) < 4.78 is 48.5. The van der Waals surface area contributed by atoms with E-state index in [1.807, 2.05) is 42.2 Å². The van der Waals surface area contributed by atoms with Crippen LogP contribution in [0.4, 0.5) is 10.1 Å². The van der Waals surface area contributed by atoms with Gasteiger partial charge in [-0.25, -0.2) is 17.6 Å². The van der Waals surface area contributed by atoms with Crippen LogP contribution < -0.4 is 4.90 Å². The second-order valence-electron chi connectivity index (χ2n) is 9.39. The molecular weight excluding hydrogens is 485 g/mol. The molecule has 1 amide bonds. The van der Waals surface area contributed by atoms with Crippen LogP contribution in [0.25, 0.3) is 0 Å². The van der Waals surface area contributed by atoms with E-state index in [0.717, 1.165) is 5.56 Å². The van der Waals surface area contributed by atoms with Crippen LogP contribution in [-0.2, 0) is 30.9 Å². The molecule has 3 atom stereocenters. The maximum absolute atomic E-state index is 15.3. The topological polar surface area (TPSA) is 87.2 Å². The SMILES string of the molecule is COC(=O)[C@H]1CN(c2ccc(CN3[C@@H](C)CCC(c4ccccc4)S3(=O)=O)c(F)c2)CCN1C(C)=O. The number of sulfonamides is 1. The Bertz CT molecular complexity index is 1220. The minimum atomic E-state index is -3.68. The van der Waals surface area contributed by atoms with Crippen molar-refractivity contribution in [3.63, 3.8) is 0 Å². The number of anilines is 1. The smallest absolute Gasteiger partial charge is 0.330 e. The fourth-order valence-electron chi connectivity index (χ4n) is 5.11. The third-order valence-corrected chi connectivity index (χ3v) is 9.55. The minimum absolute atomic E-state index is 0.0537. The Balaban J connectivity index is 1.54. The average Bonchev–Trinajstić information content (AvgIpc) is 2.86. The fraction of sp³-hybridized carbons (Fsp3) is 0.462. The van der Waals surface area contributed by atoms with Crippen LogP contribution in [0.15, 0.2) is 48.5 Å². The quantitative estimate of drug-likeness (QED) is 0.567. The molecule has 0 bridgehead atoms. The first-order valence-corrected chi connectivity index (χ1v) is 13.6. The highest BCUT2D eigenvalue weighted by atomic mass is 32.2. The van der Waals surface area contributed by atoms with Crippen LogP contribution >= 0.6 is 0 Å². The Morgan fingerprint density at radius 2 is 1.81 bits per heavy atom. The van der Waals surface area contributed by atoms with Gasteiger partial charge in [-0.05, 0) is 37.5 Å². The van der Waals surface area contributed by atoms with Gasteiger partial charge in [-0.3, -0.25) is 4.79 Å². The molecule has 10 heteroatoms. The number of esters is 1. The third kappa shape index (κ3) is 5.10. The van der Waals surface area contributed by atoms with Gasteiger partial charge >= 0.3 is 5.97 Å². The van der Waals surface area contributed by atoms with Gasteiger partial charge in [-0.15, -0.1) is 0 Å². The van der Waals surface area contributed by atoms with E-state index < -0.39 is 33.1 Å². The van der Waals surface area contributed by atoms with Crippen molar-refractivity contribution in [2.75, 3.05) is 31.6 Å². The van der Waals surface area contributed by atoms with E-state index in [2.05, 4.69) is 0 Å². The predicted molar refractivity (Wildman–Crippen MR) is 134 cm³/mol. The molecule has 0 N–H and O–H groups in total. The van der Waals surface area contributed by atoms with E-state index in [-0.39, 0.29) is 30.6 Å². The molecule has 2 aromatic carbocycles. The van der Waals surface area contributed by atoms with Crippen LogP contribution in [0, 0.1) is 5.82 Å². The molecule has 2 heterocycles. The highest BCUT2D eigenvalue weighted by Crippen LogP contribution is 2.38. The molecule has 1 unspecified atom stereocenters. The van der Waals surface area contributed by atoms with E-state index in [1.165, 1.54) is 29.3 Å². The van der Waals surface area contributed by atoms with Crippen molar-refractivity contribution in [1.82, 2.24) is 9.21 Å². The lowest BCUT2D eigenvalue weighted by Crippen LogP contribution is -2.58. The van der Waals surface area contributed by atoms with Gasteiger partial charge in [0, 0.05) is 50.4 Å². The van der Waals surface area contributed by atoms with Gasteiger partial charge in [-0.1, -0.05) is 36.4 Å². The molecule has 0 aromatic heterocycles. The summed E-state index contributed by atoms with van der Waals surface area (Å²) in [5.41, 5.74) is 1.59. The van der Waals surface area contributed by atoms with Crippen LogP contribution in [-0.4, -0.2) is 68.3 Å². The summed E-state index contributed by atoms with van der Waals surface area (Å²) >= 11 is 0. The Labute approximate surface area is 211 Å². The predicted octanol–water partition coefficient (Wildman–Crippen LogP) is 3.09. The lowest BCUT2D eigenvalue weighted by molar-refractivity contribution is -0.152. The first-order chi connectivity index (χ1) is 17.1. The standard InChI is InChI=1S/C26H32FN3O5S/c1-18-9-12-25(20-7-5-4-6-8-20)36(33,34)30(18)16-21-10-11-22(15-23(21)27)28-13-14-29(19(2)31)24(17-28)26(32)35-3/h4-8,10-11,15,18,24-25H,9,12-14,16-17H2,1-3H3/t18-,24+,25?/m0/s1. The maximum atomic E-state index is 15.3. The molecule has 2 aliphatic heterocycles. The van der Waals surface area contributed by atoms with E-state index in [0.29, 0.717) is 31.6 Å². The molecule has 2 aliphatic rings. The lowest BCUT2D eigenvalue weighted by Gasteiger charge is -2.40. The third-order valence-electron chi connectivity index (χ3n) is 7.18. The molecule has 4 rings (SSSR count). The minimum Gasteiger partial charge on any atom is -0.467 e. The summed E-state index contributed by atoms with van der Waals surface area (Å²) in [5, 5.41) is -0.648. The molecule has 0 radical (unpaired) electrons. The summed E-state index contributed by atoms with van der Waals surface area (Å²) in [4.78, 5) is 27.5. The number of rotatable bonds is 5. The van der Waals surface area contributed by atoms with Crippen LogP contribution in [0.5, 0.6) is 0 Å². The summed E-state index contributed by atoms with van der Waals surface area (Å²) in [7, 11) is -2.41. The summed E-state index contributed by atoms with van der Waals surface area (Å²) in [5.74, 6) is -1.26. The van der Waals surface area contributed by atoms with Crippen molar-refractivity contribution < 1.29 is 27.1 Å². The number of halogens is 1. The Kier molecular flexibility index (Phi) is 7.65. The van der Waals surface area contributed by atoms with Crippen LogP contribution in [0.3, 0.4) is 0 Å². The first-order valence-electron chi connectivity index (χ1n) is 12.1. The van der Waals surface area contributed by atoms with Gasteiger partial charge in [0.25, 0.3) is 0 Å². The first kappa shape index (κ1) is 26.1. The van der Waals surface area contributed by atoms with Gasteiger partial charge in [0.15, 0.2) is 0 Å². The molecule has 194 valence electrons. The number of nitrogens with zero attached hydrogens (tertiary/aromatic N) is 3. The molecule has 2 fully saturated rings. The average molecular weight is 518 g/mol. The summed E-state index contributed by atoms with van der Waals surface area (Å²) in [6, 6.07) is 12.8. The number of amides is 1. The number of methoxy groups -OCH3 is 1. The second kappa shape index (κ2) is 10.6. The van der Waals surface area contributed by atoms with Crippen molar-refractivity contribution in [2.45, 2.75) is 50.6 Å². The molecule has 0 spiro atoms. The molecular formula is C26H32FN3O5S. The zero-order chi connectivity index (χ0) is 26.0. The number of piperazine rings is 1. The zero-order valence-corrected chi connectivity index (χ0v) is 21.6. The normalized spacial score (nSPS) is 24.4. The van der Waals surface area contributed by atoms with E-state index in [9.17, 15) is 18.0 Å². The van der Waals surface area contributed by atoms with E-state index in [4.69, 9.17) is 4.74 Å². The molecule has 2 saturated heterocycles. The van der Waals surface area contributed by atoms with E-state index >= 15 is 4.39 Å². The van der Waals surface area contributed by atoms with Gasteiger partial charge in [-0.2, -0.15) is 4.31 Å². The van der Waals surface area contributed by atoms with Crippen molar-refractivity contribution in [2.24, 2.45) is 0 Å². The van der Waals surface area contributed by atoms with Crippen molar-refractivity contribution in [1.29, 1.82) is 0 Å². The molecule has 36 heavy (non-hydrogen) atoms. The van der Waals surface area contributed by atoms with Crippen molar-refractivity contribution >= 4 is 27.6 Å². The van der Waals surface area contributed by atoms with Gasteiger partial charge in [0.2, 0.25) is 15.9 Å². The molecule has 2 aromatic rings. The Morgan fingerprint density at radius 1 is 1.08 bits per heavy atom. The Hall–Kier alpha value is -2.98. The van der Waals surface area contributed by atoms with Gasteiger partial charge < -0.3 is 14.5 Å². The number of hydrogen-bond acceptors (Lipinski definition) is 6. The zero-order valence-electron chi connectivity index (χ0n) is 20.8. The van der Waals surface area contributed by atoms with E-state index in [1.54, 1.807) is 12.1 Å². The van der Waals surface area contributed by atoms with Crippen molar-refractivity contribution in [3.8, 4) is 0 Å². The van der Waals surface area contributed by atoms with Gasteiger partial charge in [0.05, 0.1) is 7.11 Å². The van der Waals surface area contributed by atoms with Crippen molar-refractivity contribution in [3.05, 3.63) is 65.5 Å². The molecule has 0 saturated carbocycles. The monoisotopic (exact) mass is 517 g/mol. The van der Waals surface area contributed by atoms with Gasteiger partial charge in [0.1, 0.15) is 17.1 Å². The van der Waals surface area contributed by atoms with Crippen LogP contribution in [0.1, 0.15) is 43.1 Å². The number of carbonyl (C=O) groups excluding carboxylic acids is 2. The maximum Gasteiger partial charge on any atom is 0.330 e. The highest BCUT2D eigenvalue weighted by Gasteiger charge is 2.41. The number of benzene rings is 2. The number of hydrogen-bond donors (Lipinski definition) is 0. The molecule has 8 nitrogen and oxygen atoms in total. The number of ether oxygens (including phenoxy) is 1. The molecule has 0 aliphatic carbocycles. The fourth-order valence-corrected chi connectivity index (χ4v) is 7.30. The highest BCUT2D eigenvalue weighted by molar-refractivity contribution is 7.89. The second-order valence-corrected chi connectivity index (χ2v) is 11.5. The summed E-state index contributed by atoms with van der Waals surface area (Å²) in [6.07, 6.45) is 1.22. The lowest BCUT2D eigenvalue weighted by atomic mass is 10.0. The Morgan fingerprint density at radius 3 is 2.44 bits per heavy atom. The largest absolute Gasteiger partial charge is 0.467 e. The van der Waals surface area contributed by atoms with Crippen LogP contribution in [0.2, 0.25) is 0 Å². The summed E-state index contributed by atoms with van der Waals surface area (Å²) in [6.45, 7) is 4.12.